The summed E-state index contributed by atoms with van der Waals surface area (Å²) < 4.78 is 51.6. The monoisotopic (exact) mass is 820 g/mol. The number of benzene rings is 4. The van der Waals surface area contributed by atoms with Crippen LogP contribution in [0.5, 0.6) is 11.5 Å². The molecule has 4 aromatic carbocycles. The second kappa shape index (κ2) is 17.1. The van der Waals surface area contributed by atoms with Crippen LogP contribution in [0.1, 0.15) is 108 Å². The van der Waals surface area contributed by atoms with Gasteiger partial charge in [-0.2, -0.15) is 0 Å². The number of fused-ring (bicyclic) bond motifs is 6. The van der Waals surface area contributed by atoms with Crippen molar-refractivity contribution in [2.45, 2.75) is 125 Å². The molecule has 2 N–H and O–H groups in total. The van der Waals surface area contributed by atoms with E-state index in [-0.39, 0.29) is 36.3 Å². The summed E-state index contributed by atoms with van der Waals surface area (Å²) in [4.78, 5) is 0. The highest BCUT2D eigenvalue weighted by atomic mass is 31.1. The van der Waals surface area contributed by atoms with Crippen LogP contribution in [0.15, 0.2) is 65.3 Å². The fourth-order valence-corrected chi connectivity index (χ4v) is 9.67. The van der Waals surface area contributed by atoms with E-state index in [4.69, 9.17) is 35.3 Å². The number of rotatable bonds is 14. The Morgan fingerprint density at radius 3 is 1.42 bits per heavy atom. The van der Waals surface area contributed by atoms with Gasteiger partial charge in [-0.3, -0.25) is 9.05 Å². The molecule has 4 atom stereocenters. The Balaban J connectivity index is 1.44. The minimum absolute atomic E-state index is 0.121. The number of methoxy groups -OCH3 is 2. The highest BCUT2D eigenvalue weighted by Crippen LogP contribution is 2.45. The first-order valence-electron chi connectivity index (χ1n) is 19.7. The van der Waals surface area contributed by atoms with Crippen molar-refractivity contribution >= 4 is 60.4 Å². The third-order valence-corrected chi connectivity index (χ3v) is 13.7. The van der Waals surface area contributed by atoms with E-state index in [0.717, 1.165) is 73.5 Å². The van der Waals surface area contributed by atoms with Crippen LogP contribution < -0.4 is 18.5 Å². The van der Waals surface area contributed by atoms with Crippen LogP contribution in [-0.2, 0) is 24.0 Å². The van der Waals surface area contributed by atoms with Gasteiger partial charge < -0.3 is 36.5 Å². The van der Waals surface area contributed by atoms with Crippen LogP contribution in [-0.4, -0.2) is 36.6 Å². The van der Waals surface area contributed by atoms with Crippen molar-refractivity contribution in [3.05, 3.63) is 81.9 Å². The Kier molecular flexibility index (Phi) is 12.9. The molecule has 2 aromatic heterocycles. The predicted octanol–water partition coefficient (Wildman–Crippen LogP) is 12.6. The molecule has 6 rings (SSSR count). The van der Waals surface area contributed by atoms with Crippen molar-refractivity contribution in [3.63, 3.8) is 0 Å². The van der Waals surface area contributed by atoms with Crippen LogP contribution in [0, 0.1) is 13.8 Å². The molecular formula is C45H58O10P2. The number of aliphatic hydroxyl groups is 2. The fourth-order valence-electron chi connectivity index (χ4n) is 7.19. The lowest BCUT2D eigenvalue weighted by atomic mass is 9.80. The van der Waals surface area contributed by atoms with Gasteiger partial charge in [-0.25, -0.2) is 0 Å². The first-order valence-corrected chi connectivity index (χ1v) is 21.8. The van der Waals surface area contributed by atoms with Gasteiger partial charge in [0.15, 0.2) is 0 Å². The van der Waals surface area contributed by atoms with Gasteiger partial charge in [0, 0.05) is 39.1 Å². The standard InChI is InChI=1S/C45H58O10P2/c1-13-44(7,8)38-20-31(25-47)19-35-34-18-30(24-46)15-26(3)40(34)52-56(54-42(35)38)50-28(5)17-29(6)51-57-53-41-27(4)16-32(48-11)21-36(41)37-22-33(49-12)23-39(43(37)55-57)45(9,10)14-2/h15-16,18-23,28-29,46-47H,13-14,17,24-25H2,1-12H3/t28-,29-,56?,57?/m1/s1. The highest BCUT2D eigenvalue weighted by Gasteiger charge is 2.28. The summed E-state index contributed by atoms with van der Waals surface area (Å²) in [7, 11) is -0.527. The van der Waals surface area contributed by atoms with Crippen molar-refractivity contribution in [3.8, 4) is 11.5 Å². The molecule has 0 spiro atoms. The molecule has 0 aliphatic carbocycles. The molecule has 10 nitrogen and oxygen atoms in total. The van der Waals surface area contributed by atoms with Gasteiger partial charge >= 0.3 is 16.5 Å². The quantitative estimate of drug-likeness (QED) is 0.109. The molecule has 0 fully saturated rings. The molecular weight excluding hydrogens is 762 g/mol. The van der Waals surface area contributed by atoms with E-state index in [1.54, 1.807) is 14.2 Å². The minimum atomic E-state index is -1.94. The third-order valence-electron chi connectivity index (χ3n) is 11.3. The number of hydrogen-bond donors (Lipinski definition) is 2. The lowest BCUT2D eigenvalue weighted by Crippen LogP contribution is -2.21. The Hall–Kier alpha value is -3.88. The molecule has 57 heavy (non-hydrogen) atoms. The van der Waals surface area contributed by atoms with Gasteiger partial charge in [-0.15, -0.1) is 0 Å². The molecule has 0 saturated heterocycles. The maximum atomic E-state index is 10.3. The Bertz CT molecular complexity index is 2330. The Labute approximate surface area is 337 Å². The van der Waals surface area contributed by atoms with E-state index >= 15 is 0 Å². The predicted molar refractivity (Wildman–Crippen MR) is 230 cm³/mol. The molecule has 0 aliphatic heterocycles. The van der Waals surface area contributed by atoms with E-state index in [2.05, 4.69) is 41.5 Å². The largest absolute Gasteiger partial charge is 0.497 e. The molecule has 308 valence electrons. The second-order valence-corrected chi connectivity index (χ2v) is 18.4. The maximum absolute atomic E-state index is 10.3. The number of hydrogen-bond acceptors (Lipinski definition) is 10. The van der Waals surface area contributed by atoms with Gasteiger partial charge in [0.2, 0.25) is 0 Å². The van der Waals surface area contributed by atoms with Gasteiger partial charge in [0.25, 0.3) is 0 Å². The van der Waals surface area contributed by atoms with Crippen molar-refractivity contribution in [1.29, 1.82) is 0 Å². The third kappa shape index (κ3) is 8.78. The fraction of sp³-hybridized carbons (Fsp3) is 0.467. The number of ether oxygens (including phenoxy) is 2. The molecule has 0 saturated carbocycles. The van der Waals surface area contributed by atoms with Gasteiger partial charge in [-0.05, 0) is 116 Å². The van der Waals surface area contributed by atoms with E-state index in [9.17, 15) is 10.2 Å². The molecule has 2 unspecified atom stereocenters. The summed E-state index contributed by atoms with van der Waals surface area (Å²) in [6.45, 7) is 20.7. The molecule has 0 amide bonds. The zero-order valence-corrected chi connectivity index (χ0v) is 37.2. The first-order chi connectivity index (χ1) is 27.1. The molecule has 0 bridgehead atoms. The molecule has 0 aliphatic rings. The zero-order valence-electron chi connectivity index (χ0n) is 35.4. The van der Waals surface area contributed by atoms with Gasteiger partial charge in [0.05, 0.1) is 39.6 Å². The minimum Gasteiger partial charge on any atom is -0.497 e. The van der Waals surface area contributed by atoms with Crippen LogP contribution in [0.4, 0.5) is 0 Å². The first kappa shape index (κ1) is 42.7. The van der Waals surface area contributed by atoms with Crippen molar-refractivity contribution in [2.75, 3.05) is 14.2 Å². The van der Waals surface area contributed by atoms with Crippen LogP contribution in [0.25, 0.3) is 43.9 Å². The summed E-state index contributed by atoms with van der Waals surface area (Å²) in [5.74, 6) is 1.44. The van der Waals surface area contributed by atoms with Gasteiger partial charge in [-0.1, -0.05) is 47.6 Å². The lowest BCUT2D eigenvalue weighted by Gasteiger charge is -2.24. The SMILES string of the molecule is CCC(C)(C)c1cc(CO)cc2c1op(O[C@H](C)C[C@@H](C)Op1oc3c(C)cc(OC)cc3c3cc(OC)cc(C(C)(C)CC)c3o1)oc1c(C)cc(CO)cc12. The Morgan fingerprint density at radius 1 is 0.561 bits per heavy atom. The summed E-state index contributed by atoms with van der Waals surface area (Å²) in [5.41, 5.74) is 7.36. The average molecular weight is 821 g/mol. The van der Waals surface area contributed by atoms with Gasteiger partial charge in [0.1, 0.15) is 33.8 Å². The van der Waals surface area contributed by atoms with Crippen molar-refractivity contribution in [1.82, 2.24) is 0 Å². The normalized spacial score (nSPS) is 14.1. The van der Waals surface area contributed by atoms with Crippen LogP contribution in [0.2, 0.25) is 0 Å². The number of aryl methyl sites for hydroxylation is 2. The highest BCUT2D eigenvalue weighted by molar-refractivity contribution is 7.32. The number of aliphatic hydroxyl groups excluding tert-OH is 2. The van der Waals surface area contributed by atoms with E-state index in [1.807, 2.05) is 76.2 Å². The zero-order chi connectivity index (χ0) is 41.4. The van der Waals surface area contributed by atoms with E-state index in [0.29, 0.717) is 34.5 Å². The van der Waals surface area contributed by atoms with Crippen LogP contribution in [0.3, 0.4) is 0 Å². The topological polar surface area (TPSA) is 130 Å². The average Bonchev–Trinajstić information content (AvgIpc) is 3.44. The van der Waals surface area contributed by atoms with E-state index < -0.39 is 16.5 Å². The van der Waals surface area contributed by atoms with E-state index in [1.165, 1.54) is 0 Å². The van der Waals surface area contributed by atoms with Crippen molar-refractivity contribution in [2.24, 2.45) is 0 Å². The second-order valence-electron chi connectivity index (χ2n) is 16.4. The van der Waals surface area contributed by atoms with Crippen LogP contribution >= 0.6 is 16.5 Å². The van der Waals surface area contributed by atoms with Crippen molar-refractivity contribution < 1.29 is 45.5 Å². The molecule has 12 heteroatoms. The molecule has 2 heterocycles. The summed E-state index contributed by atoms with van der Waals surface area (Å²) >= 11 is 0. The summed E-state index contributed by atoms with van der Waals surface area (Å²) in [6, 6.07) is 15.7. The lowest BCUT2D eigenvalue weighted by molar-refractivity contribution is 0.184. The maximum Gasteiger partial charge on any atom is 0.387 e. The smallest absolute Gasteiger partial charge is 0.387 e. The summed E-state index contributed by atoms with van der Waals surface area (Å²) in [6.07, 6.45) is 1.47. The summed E-state index contributed by atoms with van der Waals surface area (Å²) in [5, 5.41) is 23.7. The Morgan fingerprint density at radius 2 is 0.947 bits per heavy atom. The molecule has 0 radical (unpaired) electrons. The molecule has 6 aromatic rings.